The van der Waals surface area contributed by atoms with Crippen LogP contribution in [0, 0.1) is 13.8 Å². The van der Waals surface area contributed by atoms with Gasteiger partial charge in [0, 0.05) is 23.0 Å². The molecular weight excluding hydrogens is 432 g/mol. The zero-order valence-electron chi connectivity index (χ0n) is 18.6. The predicted octanol–water partition coefficient (Wildman–Crippen LogP) is 5.58. The van der Waals surface area contributed by atoms with Crippen LogP contribution in [0.15, 0.2) is 79.3 Å². The molecule has 33 heavy (non-hydrogen) atoms. The molecule has 0 aliphatic heterocycles. The fourth-order valence-electron chi connectivity index (χ4n) is 4.29. The Balaban J connectivity index is 1.80. The van der Waals surface area contributed by atoms with Gasteiger partial charge in [-0.15, -0.1) is 0 Å². The number of halogens is 1. The number of fused-ring (bicyclic) bond motifs is 1. The monoisotopic (exact) mass is 454 g/mol. The molecule has 5 nitrogen and oxygen atoms in total. The first kappa shape index (κ1) is 21.3. The minimum atomic E-state index is -1.41. The number of aliphatic hydroxyl groups is 1. The third-order valence-corrected chi connectivity index (χ3v) is 6.22. The van der Waals surface area contributed by atoms with E-state index in [4.69, 9.17) is 16.6 Å². The topological polar surface area (TPSA) is 63.8 Å². The number of hydrogen-bond donors (Lipinski definition) is 1. The molecule has 5 aromatic rings. The standard InChI is InChI=1S/C27H23ClN4O/c1-17-7-9-20(10-8-17)27(33,25-15-29-16-32(25)3)21-11-12-24-23(14-21)26(31-18(2)30-24)19-5-4-6-22(28)13-19/h4-16,33H,1-3H3. The van der Waals surface area contributed by atoms with Crippen LogP contribution >= 0.6 is 11.6 Å². The molecule has 2 heterocycles. The number of rotatable bonds is 4. The van der Waals surface area contributed by atoms with E-state index in [0.717, 1.165) is 33.3 Å². The van der Waals surface area contributed by atoms with Gasteiger partial charge in [0.25, 0.3) is 0 Å². The van der Waals surface area contributed by atoms with Crippen LogP contribution in [0.1, 0.15) is 28.2 Å². The van der Waals surface area contributed by atoms with Gasteiger partial charge in [0.05, 0.1) is 29.4 Å². The van der Waals surface area contributed by atoms with Crippen LogP contribution in [0.3, 0.4) is 0 Å². The second-order valence-corrected chi connectivity index (χ2v) is 8.76. The third kappa shape index (κ3) is 3.69. The lowest BCUT2D eigenvalue weighted by Crippen LogP contribution is -2.31. The highest BCUT2D eigenvalue weighted by molar-refractivity contribution is 6.30. The maximum absolute atomic E-state index is 12.3. The van der Waals surface area contributed by atoms with Gasteiger partial charge in [0.15, 0.2) is 5.60 Å². The van der Waals surface area contributed by atoms with Gasteiger partial charge in [-0.2, -0.15) is 0 Å². The van der Waals surface area contributed by atoms with E-state index in [0.29, 0.717) is 22.1 Å². The van der Waals surface area contributed by atoms with Crippen LogP contribution in [0.4, 0.5) is 0 Å². The molecule has 5 rings (SSSR count). The van der Waals surface area contributed by atoms with Gasteiger partial charge in [-0.1, -0.05) is 59.6 Å². The van der Waals surface area contributed by atoms with Crippen molar-refractivity contribution in [3.05, 3.63) is 112 Å². The molecule has 0 saturated carbocycles. The molecule has 1 N–H and O–H groups in total. The quantitative estimate of drug-likeness (QED) is 0.384. The Morgan fingerprint density at radius 1 is 0.909 bits per heavy atom. The van der Waals surface area contributed by atoms with Crippen molar-refractivity contribution in [2.75, 3.05) is 0 Å². The van der Waals surface area contributed by atoms with Crippen molar-refractivity contribution in [3.8, 4) is 11.3 Å². The van der Waals surface area contributed by atoms with Crippen LogP contribution in [-0.2, 0) is 12.6 Å². The average molecular weight is 455 g/mol. The number of imidazole rings is 1. The van der Waals surface area contributed by atoms with Gasteiger partial charge in [0.2, 0.25) is 0 Å². The second kappa shape index (κ2) is 8.10. The molecule has 0 aliphatic carbocycles. The molecule has 0 bridgehead atoms. The van der Waals surface area contributed by atoms with Crippen LogP contribution < -0.4 is 0 Å². The minimum Gasteiger partial charge on any atom is -0.374 e. The third-order valence-electron chi connectivity index (χ3n) is 5.98. The zero-order valence-corrected chi connectivity index (χ0v) is 19.4. The molecule has 6 heteroatoms. The van der Waals surface area contributed by atoms with Crippen molar-refractivity contribution in [2.45, 2.75) is 19.4 Å². The largest absolute Gasteiger partial charge is 0.374 e. The Bertz CT molecular complexity index is 1480. The van der Waals surface area contributed by atoms with Crippen molar-refractivity contribution in [1.82, 2.24) is 19.5 Å². The number of aryl methyl sites for hydroxylation is 3. The normalized spacial score (nSPS) is 13.2. The molecule has 0 aliphatic rings. The Kier molecular flexibility index (Phi) is 5.23. The Hall–Kier alpha value is -3.54. The van der Waals surface area contributed by atoms with E-state index >= 15 is 0 Å². The smallest absolute Gasteiger partial charge is 0.156 e. The molecule has 0 amide bonds. The summed E-state index contributed by atoms with van der Waals surface area (Å²) in [7, 11) is 1.88. The summed E-state index contributed by atoms with van der Waals surface area (Å²) in [6.45, 7) is 3.90. The first-order valence-corrected chi connectivity index (χ1v) is 11.0. The molecule has 0 radical (unpaired) electrons. The van der Waals surface area contributed by atoms with Gasteiger partial charge in [-0.3, -0.25) is 0 Å². The van der Waals surface area contributed by atoms with Gasteiger partial charge in [-0.25, -0.2) is 15.0 Å². The molecule has 1 atom stereocenters. The van der Waals surface area contributed by atoms with Gasteiger partial charge in [0.1, 0.15) is 5.82 Å². The molecule has 164 valence electrons. The van der Waals surface area contributed by atoms with E-state index in [9.17, 15) is 5.11 Å². The maximum Gasteiger partial charge on any atom is 0.156 e. The van der Waals surface area contributed by atoms with Crippen molar-refractivity contribution in [2.24, 2.45) is 7.05 Å². The first-order valence-electron chi connectivity index (χ1n) is 10.7. The van der Waals surface area contributed by atoms with Crippen molar-refractivity contribution in [1.29, 1.82) is 0 Å². The molecular formula is C27H23ClN4O. The Morgan fingerprint density at radius 2 is 1.67 bits per heavy atom. The molecule has 2 aromatic heterocycles. The van der Waals surface area contributed by atoms with Crippen LogP contribution in [0.5, 0.6) is 0 Å². The van der Waals surface area contributed by atoms with Crippen molar-refractivity contribution in [3.63, 3.8) is 0 Å². The average Bonchev–Trinajstić information content (AvgIpc) is 3.24. The van der Waals surface area contributed by atoms with Crippen LogP contribution in [0.25, 0.3) is 22.2 Å². The minimum absolute atomic E-state index is 0.638. The maximum atomic E-state index is 12.3. The van der Waals surface area contributed by atoms with E-state index in [1.807, 2.05) is 92.2 Å². The van der Waals surface area contributed by atoms with E-state index < -0.39 is 5.60 Å². The number of aromatic nitrogens is 4. The van der Waals surface area contributed by atoms with E-state index in [1.165, 1.54) is 0 Å². The summed E-state index contributed by atoms with van der Waals surface area (Å²) < 4.78 is 1.84. The van der Waals surface area contributed by atoms with E-state index in [2.05, 4.69) is 9.97 Å². The molecule has 0 fully saturated rings. The Labute approximate surface area is 197 Å². The van der Waals surface area contributed by atoms with Gasteiger partial charge < -0.3 is 9.67 Å². The lowest BCUT2D eigenvalue weighted by molar-refractivity contribution is 0.117. The molecule has 0 spiro atoms. The fourth-order valence-corrected chi connectivity index (χ4v) is 4.48. The molecule has 3 aromatic carbocycles. The number of nitrogens with zero attached hydrogens (tertiary/aromatic N) is 4. The predicted molar refractivity (Wildman–Crippen MR) is 131 cm³/mol. The van der Waals surface area contributed by atoms with E-state index in [1.54, 1.807) is 12.5 Å². The number of hydrogen-bond acceptors (Lipinski definition) is 4. The van der Waals surface area contributed by atoms with Gasteiger partial charge in [-0.05, 0) is 49.2 Å². The highest BCUT2D eigenvalue weighted by Gasteiger charge is 2.37. The van der Waals surface area contributed by atoms with Crippen molar-refractivity contribution < 1.29 is 5.11 Å². The highest BCUT2D eigenvalue weighted by atomic mass is 35.5. The summed E-state index contributed by atoms with van der Waals surface area (Å²) in [5.41, 5.74) is 4.32. The second-order valence-electron chi connectivity index (χ2n) is 8.33. The van der Waals surface area contributed by atoms with Crippen LogP contribution in [0.2, 0.25) is 5.02 Å². The van der Waals surface area contributed by atoms with E-state index in [-0.39, 0.29) is 0 Å². The zero-order chi connectivity index (χ0) is 23.2. The molecule has 1 unspecified atom stereocenters. The van der Waals surface area contributed by atoms with Crippen molar-refractivity contribution >= 4 is 22.5 Å². The molecule has 0 saturated heterocycles. The summed E-state index contributed by atoms with van der Waals surface area (Å²) in [4.78, 5) is 13.6. The fraction of sp³-hybridized carbons (Fsp3) is 0.148. The SMILES string of the molecule is Cc1ccc(C(O)(c2ccc3nc(C)nc(-c4cccc(Cl)c4)c3c2)c2cncn2C)cc1. The Morgan fingerprint density at radius 3 is 2.36 bits per heavy atom. The summed E-state index contributed by atoms with van der Waals surface area (Å²) in [5, 5.41) is 13.8. The lowest BCUT2D eigenvalue weighted by atomic mass is 9.82. The highest BCUT2D eigenvalue weighted by Crippen LogP contribution is 2.39. The van der Waals surface area contributed by atoms with Gasteiger partial charge >= 0.3 is 0 Å². The first-order chi connectivity index (χ1) is 15.9. The number of benzene rings is 3. The summed E-state index contributed by atoms with van der Waals surface area (Å²) in [5.74, 6) is 0.672. The summed E-state index contributed by atoms with van der Waals surface area (Å²) >= 11 is 6.27. The lowest BCUT2D eigenvalue weighted by Gasteiger charge is -2.30. The summed E-state index contributed by atoms with van der Waals surface area (Å²) in [6, 6.07) is 21.4. The van der Waals surface area contributed by atoms with Crippen LogP contribution in [-0.4, -0.2) is 24.6 Å². The summed E-state index contributed by atoms with van der Waals surface area (Å²) in [6.07, 6.45) is 3.40.